The molecule has 0 radical (unpaired) electrons. The summed E-state index contributed by atoms with van der Waals surface area (Å²) in [5, 5.41) is 18.6. The molecule has 132 valence electrons. The Balaban J connectivity index is 1.64. The lowest BCUT2D eigenvalue weighted by Crippen LogP contribution is -2.34. The Hall–Kier alpha value is -2.13. The number of nitrogens with one attached hydrogen (secondary N) is 1. The number of amides is 1. The van der Waals surface area contributed by atoms with E-state index in [-0.39, 0.29) is 28.4 Å². The summed E-state index contributed by atoms with van der Waals surface area (Å²) in [7, 11) is 0. The number of hydrogen-bond acceptors (Lipinski definition) is 6. The smallest absolute Gasteiger partial charge is 0.284 e. The van der Waals surface area contributed by atoms with Gasteiger partial charge in [0.25, 0.3) is 5.69 Å². The van der Waals surface area contributed by atoms with Gasteiger partial charge in [0, 0.05) is 17.6 Å². The molecule has 0 saturated carbocycles. The minimum Gasteiger partial charge on any atom is -0.345 e. The number of aromatic nitrogens is 3. The Bertz CT molecular complexity index is 825. The van der Waals surface area contributed by atoms with E-state index < -0.39 is 4.92 Å². The lowest BCUT2D eigenvalue weighted by atomic mass is 10.1. The topological polar surface area (TPSA) is 103 Å². The second kappa shape index (κ2) is 7.40. The van der Waals surface area contributed by atoms with E-state index in [1.165, 1.54) is 6.07 Å². The van der Waals surface area contributed by atoms with Gasteiger partial charge in [-0.2, -0.15) is 5.10 Å². The van der Waals surface area contributed by atoms with Crippen LogP contribution in [0.25, 0.3) is 0 Å². The van der Waals surface area contributed by atoms with Crippen LogP contribution >= 0.6 is 23.4 Å². The molecule has 2 heterocycles. The molecule has 1 aliphatic heterocycles. The Morgan fingerprint density at radius 2 is 2.36 bits per heavy atom. The van der Waals surface area contributed by atoms with Gasteiger partial charge >= 0.3 is 0 Å². The summed E-state index contributed by atoms with van der Waals surface area (Å²) in [4.78, 5) is 27.6. The zero-order chi connectivity index (χ0) is 18.0. The van der Waals surface area contributed by atoms with Crippen LogP contribution in [-0.4, -0.2) is 31.3 Å². The third-order valence-electron chi connectivity index (χ3n) is 3.79. The molecule has 1 atom stereocenters. The van der Waals surface area contributed by atoms with Gasteiger partial charge in [0.05, 0.1) is 21.6 Å². The first kappa shape index (κ1) is 17.7. The van der Waals surface area contributed by atoms with Crippen molar-refractivity contribution in [1.29, 1.82) is 0 Å². The van der Waals surface area contributed by atoms with Gasteiger partial charge in [-0.25, -0.2) is 9.67 Å². The number of carbonyl (C=O) groups is 1. The minimum absolute atomic E-state index is 0.0755. The largest absolute Gasteiger partial charge is 0.345 e. The summed E-state index contributed by atoms with van der Waals surface area (Å²) >= 11 is 6.91. The number of nitro groups is 1. The van der Waals surface area contributed by atoms with Crippen molar-refractivity contribution >= 4 is 35.0 Å². The van der Waals surface area contributed by atoms with Crippen LogP contribution in [0, 0.1) is 17.0 Å². The quantitative estimate of drug-likeness (QED) is 0.485. The molecule has 10 heteroatoms. The van der Waals surface area contributed by atoms with Crippen LogP contribution in [0.4, 0.5) is 5.69 Å². The molecular weight excluding hydrogens is 366 g/mol. The minimum atomic E-state index is -0.501. The Labute approximate surface area is 153 Å². The van der Waals surface area contributed by atoms with Crippen molar-refractivity contribution in [1.82, 2.24) is 20.1 Å². The summed E-state index contributed by atoms with van der Waals surface area (Å²) in [5.41, 5.74) is -0.0988. The van der Waals surface area contributed by atoms with Crippen LogP contribution < -0.4 is 5.32 Å². The highest BCUT2D eigenvalue weighted by Gasteiger charge is 2.25. The molecule has 0 saturated heterocycles. The Kier molecular flexibility index (Phi) is 5.24. The van der Waals surface area contributed by atoms with Crippen LogP contribution in [0.5, 0.6) is 0 Å². The summed E-state index contributed by atoms with van der Waals surface area (Å²) in [6, 6.07) is 4.23. The molecule has 0 fully saturated rings. The Morgan fingerprint density at radius 3 is 3.12 bits per heavy atom. The maximum atomic E-state index is 12.3. The number of carbonyl (C=O) groups excluding carboxylic acids is 1. The SMILES string of the molecule is Cc1nc2n(n1)CCCC2NC(=O)CSc1ccc(Cl)cc1[N+](=O)[O-]. The van der Waals surface area contributed by atoms with Gasteiger partial charge in [-0.15, -0.1) is 11.8 Å². The molecule has 1 unspecified atom stereocenters. The molecule has 8 nitrogen and oxygen atoms in total. The van der Waals surface area contributed by atoms with Crippen LogP contribution in [0.1, 0.15) is 30.5 Å². The normalized spacial score (nSPS) is 16.3. The van der Waals surface area contributed by atoms with E-state index in [0.717, 1.165) is 37.0 Å². The van der Waals surface area contributed by atoms with Gasteiger partial charge in [0.1, 0.15) is 11.6 Å². The predicted molar refractivity (Wildman–Crippen MR) is 93.7 cm³/mol. The number of benzene rings is 1. The van der Waals surface area contributed by atoms with E-state index >= 15 is 0 Å². The molecular formula is C15H16ClN5O3S. The van der Waals surface area contributed by atoms with E-state index in [9.17, 15) is 14.9 Å². The van der Waals surface area contributed by atoms with Gasteiger partial charge in [0.2, 0.25) is 5.91 Å². The summed E-state index contributed by atoms with van der Waals surface area (Å²) in [5.74, 6) is 1.32. The van der Waals surface area contributed by atoms with Crippen LogP contribution in [0.15, 0.2) is 23.1 Å². The van der Waals surface area contributed by atoms with Gasteiger partial charge < -0.3 is 5.32 Å². The Morgan fingerprint density at radius 1 is 1.56 bits per heavy atom. The fourth-order valence-corrected chi connectivity index (χ4v) is 3.72. The van der Waals surface area contributed by atoms with E-state index in [0.29, 0.717) is 10.7 Å². The molecule has 0 spiro atoms. The molecule has 0 aliphatic carbocycles. The third kappa shape index (κ3) is 4.10. The highest BCUT2D eigenvalue weighted by Crippen LogP contribution is 2.31. The maximum absolute atomic E-state index is 12.3. The average Bonchev–Trinajstić information content (AvgIpc) is 2.95. The predicted octanol–water partition coefficient (Wildman–Crippen LogP) is 2.89. The monoisotopic (exact) mass is 381 g/mol. The highest BCUT2D eigenvalue weighted by atomic mass is 35.5. The summed E-state index contributed by atoms with van der Waals surface area (Å²) in [6.45, 7) is 2.62. The van der Waals surface area contributed by atoms with Crippen molar-refractivity contribution in [2.45, 2.75) is 37.2 Å². The number of fused-ring (bicyclic) bond motifs is 1. The van der Waals surface area contributed by atoms with E-state index in [1.54, 1.807) is 12.1 Å². The first-order valence-electron chi connectivity index (χ1n) is 7.71. The molecule has 1 amide bonds. The van der Waals surface area contributed by atoms with Gasteiger partial charge in [-0.3, -0.25) is 14.9 Å². The zero-order valence-corrected chi connectivity index (χ0v) is 15.0. The lowest BCUT2D eigenvalue weighted by molar-refractivity contribution is -0.387. The lowest BCUT2D eigenvalue weighted by Gasteiger charge is -2.23. The van der Waals surface area contributed by atoms with Crippen molar-refractivity contribution in [3.8, 4) is 0 Å². The number of halogens is 1. The van der Waals surface area contributed by atoms with E-state index in [2.05, 4.69) is 15.4 Å². The molecule has 0 bridgehead atoms. The van der Waals surface area contributed by atoms with Crippen LogP contribution in [-0.2, 0) is 11.3 Å². The van der Waals surface area contributed by atoms with Gasteiger partial charge in [0.15, 0.2) is 0 Å². The second-order valence-electron chi connectivity index (χ2n) is 5.66. The average molecular weight is 382 g/mol. The number of rotatable bonds is 5. The number of aryl methyl sites for hydroxylation is 2. The summed E-state index contributed by atoms with van der Waals surface area (Å²) in [6.07, 6.45) is 1.71. The molecule has 25 heavy (non-hydrogen) atoms. The molecule has 1 aliphatic rings. The number of thioether (sulfide) groups is 1. The van der Waals surface area contributed by atoms with Crippen molar-refractivity contribution in [2.24, 2.45) is 0 Å². The van der Waals surface area contributed by atoms with Gasteiger partial charge in [-0.05, 0) is 31.9 Å². The maximum Gasteiger partial charge on any atom is 0.284 e. The first-order chi connectivity index (χ1) is 11.9. The van der Waals surface area contributed by atoms with Crippen molar-refractivity contribution in [2.75, 3.05) is 5.75 Å². The molecule has 3 rings (SSSR count). The fraction of sp³-hybridized carbons (Fsp3) is 0.400. The van der Waals surface area contributed by atoms with Crippen molar-refractivity contribution in [3.63, 3.8) is 0 Å². The van der Waals surface area contributed by atoms with E-state index in [1.807, 2.05) is 11.6 Å². The number of nitro benzene ring substituents is 1. The molecule has 1 N–H and O–H groups in total. The number of nitrogens with zero attached hydrogens (tertiary/aromatic N) is 4. The van der Waals surface area contributed by atoms with Crippen molar-refractivity contribution < 1.29 is 9.72 Å². The highest BCUT2D eigenvalue weighted by molar-refractivity contribution is 8.00. The summed E-state index contributed by atoms with van der Waals surface area (Å²) < 4.78 is 1.82. The fourth-order valence-electron chi connectivity index (χ4n) is 2.74. The zero-order valence-electron chi connectivity index (χ0n) is 13.4. The van der Waals surface area contributed by atoms with Crippen LogP contribution in [0.3, 0.4) is 0 Å². The van der Waals surface area contributed by atoms with Crippen LogP contribution in [0.2, 0.25) is 5.02 Å². The number of hydrogen-bond donors (Lipinski definition) is 1. The standard InChI is InChI=1S/C15H16ClN5O3S/c1-9-17-15-11(3-2-6-20(15)19-9)18-14(22)8-25-13-5-4-10(16)7-12(13)21(23)24/h4-5,7,11H,2-3,6,8H2,1H3,(H,18,22). The van der Waals surface area contributed by atoms with Crippen molar-refractivity contribution in [3.05, 3.63) is 45.0 Å². The molecule has 1 aromatic heterocycles. The molecule has 2 aromatic rings. The van der Waals surface area contributed by atoms with Gasteiger partial charge in [-0.1, -0.05) is 11.6 Å². The molecule has 1 aromatic carbocycles. The second-order valence-corrected chi connectivity index (χ2v) is 7.11. The van der Waals surface area contributed by atoms with E-state index in [4.69, 9.17) is 11.6 Å². The third-order valence-corrected chi connectivity index (χ3v) is 5.09. The first-order valence-corrected chi connectivity index (χ1v) is 9.08.